The van der Waals surface area contributed by atoms with Gasteiger partial charge in [-0.1, -0.05) is 39.7 Å². The first-order chi connectivity index (χ1) is 9.15. The monoisotopic (exact) mass is 337 g/mol. The van der Waals surface area contributed by atoms with Crippen molar-refractivity contribution >= 4 is 33.3 Å². The number of aromatic nitrogens is 1. The first-order valence-corrected chi connectivity index (χ1v) is 7.18. The van der Waals surface area contributed by atoms with E-state index in [0.717, 1.165) is 15.7 Å². The minimum Gasteiger partial charge on any atom is -0.299 e. The van der Waals surface area contributed by atoms with Crippen LogP contribution in [0.5, 0.6) is 0 Å². The maximum Gasteiger partial charge on any atom is 0.137 e. The van der Waals surface area contributed by atoms with E-state index in [1.807, 2.05) is 36.4 Å². The molecular weight excluding hydrogens is 326 g/mol. The predicted molar refractivity (Wildman–Crippen MR) is 80.4 cm³/mol. The smallest absolute Gasteiger partial charge is 0.137 e. The second-order valence-electron chi connectivity index (χ2n) is 4.27. The van der Waals surface area contributed by atoms with Crippen LogP contribution >= 0.6 is 27.5 Å². The highest BCUT2D eigenvalue weighted by Crippen LogP contribution is 2.22. The second kappa shape index (κ2) is 6.83. The van der Waals surface area contributed by atoms with Crippen LogP contribution in [0, 0.1) is 0 Å². The molecule has 0 amide bonds. The number of benzene rings is 1. The Balaban J connectivity index is 1.91. The van der Waals surface area contributed by atoms with Gasteiger partial charge in [-0.3, -0.25) is 9.78 Å². The molecule has 0 fully saturated rings. The third-order valence-electron chi connectivity index (χ3n) is 2.79. The molecule has 2 rings (SSSR count). The van der Waals surface area contributed by atoms with Crippen LogP contribution in [0.1, 0.15) is 17.7 Å². The molecule has 1 aromatic carbocycles. The van der Waals surface area contributed by atoms with E-state index in [1.165, 1.54) is 0 Å². The molecule has 0 unspecified atom stereocenters. The van der Waals surface area contributed by atoms with Gasteiger partial charge in [0.05, 0.1) is 0 Å². The van der Waals surface area contributed by atoms with E-state index in [0.29, 0.717) is 24.3 Å². The summed E-state index contributed by atoms with van der Waals surface area (Å²) in [6.07, 6.45) is 3.28. The van der Waals surface area contributed by atoms with Gasteiger partial charge >= 0.3 is 0 Å². The molecule has 1 aromatic heterocycles. The topological polar surface area (TPSA) is 30.0 Å². The highest BCUT2D eigenvalue weighted by atomic mass is 79.9. The van der Waals surface area contributed by atoms with Gasteiger partial charge in [-0.25, -0.2) is 0 Å². The fourth-order valence-electron chi connectivity index (χ4n) is 1.78. The van der Waals surface area contributed by atoms with Crippen LogP contribution < -0.4 is 0 Å². The fourth-order valence-corrected chi connectivity index (χ4v) is 2.52. The number of hydrogen-bond acceptors (Lipinski definition) is 2. The molecule has 2 nitrogen and oxygen atoms in total. The van der Waals surface area contributed by atoms with Crippen LogP contribution in [0.3, 0.4) is 0 Å². The first kappa shape index (κ1) is 14.2. The molecule has 0 atom stereocenters. The van der Waals surface area contributed by atoms with Crippen molar-refractivity contribution in [2.75, 3.05) is 0 Å². The highest BCUT2D eigenvalue weighted by molar-refractivity contribution is 9.10. The summed E-state index contributed by atoms with van der Waals surface area (Å²) in [5, 5.41) is 0.626. The van der Waals surface area contributed by atoms with Gasteiger partial charge in [0.25, 0.3) is 0 Å². The standard InChI is InChI=1S/C15H13BrClNO/c16-12-5-4-11(15(17)10-12)9-14(19)7-6-13-3-1-2-8-18-13/h1-5,8,10H,6-7,9H2. The lowest BCUT2D eigenvalue weighted by molar-refractivity contribution is -0.118. The number of Topliss-reactive ketones (excluding diaryl/α,β-unsaturated/α-hetero) is 1. The molecule has 19 heavy (non-hydrogen) atoms. The summed E-state index contributed by atoms with van der Waals surface area (Å²) < 4.78 is 0.919. The summed E-state index contributed by atoms with van der Waals surface area (Å²) in [6.45, 7) is 0. The third-order valence-corrected chi connectivity index (χ3v) is 3.63. The zero-order valence-corrected chi connectivity index (χ0v) is 12.6. The molecule has 0 N–H and O–H groups in total. The average molecular weight is 339 g/mol. The van der Waals surface area contributed by atoms with E-state index in [9.17, 15) is 4.79 Å². The number of halogens is 2. The van der Waals surface area contributed by atoms with Crippen molar-refractivity contribution < 1.29 is 4.79 Å². The molecule has 0 saturated carbocycles. The molecule has 0 aliphatic carbocycles. The van der Waals surface area contributed by atoms with Crippen LogP contribution in [-0.2, 0) is 17.6 Å². The van der Waals surface area contributed by atoms with Crippen molar-refractivity contribution in [1.82, 2.24) is 4.98 Å². The maximum atomic E-state index is 11.9. The average Bonchev–Trinajstić information content (AvgIpc) is 2.41. The zero-order valence-electron chi connectivity index (χ0n) is 10.3. The Kier molecular flexibility index (Phi) is 5.11. The molecule has 0 aliphatic heterocycles. The SMILES string of the molecule is O=C(CCc1ccccn1)Cc1ccc(Br)cc1Cl. The lowest BCUT2D eigenvalue weighted by atomic mass is 10.0. The van der Waals surface area contributed by atoms with Crippen LogP contribution in [-0.4, -0.2) is 10.8 Å². The van der Waals surface area contributed by atoms with Crippen molar-refractivity contribution in [1.29, 1.82) is 0 Å². The third kappa shape index (κ3) is 4.44. The largest absolute Gasteiger partial charge is 0.299 e. The van der Waals surface area contributed by atoms with Crippen molar-refractivity contribution in [3.05, 3.63) is 63.3 Å². The molecule has 0 radical (unpaired) electrons. The molecule has 0 spiro atoms. The lowest BCUT2D eigenvalue weighted by Gasteiger charge is -2.04. The van der Waals surface area contributed by atoms with Gasteiger partial charge in [0, 0.05) is 34.2 Å². The summed E-state index contributed by atoms with van der Waals surface area (Å²) in [6, 6.07) is 11.3. The Labute approximate surface area is 126 Å². The second-order valence-corrected chi connectivity index (χ2v) is 5.60. The van der Waals surface area contributed by atoms with E-state index < -0.39 is 0 Å². The molecule has 4 heteroatoms. The number of aryl methyl sites for hydroxylation is 1. The molecule has 98 valence electrons. The van der Waals surface area contributed by atoms with Gasteiger partial charge in [0.1, 0.15) is 5.78 Å². The fraction of sp³-hybridized carbons (Fsp3) is 0.200. The summed E-state index contributed by atoms with van der Waals surface area (Å²) in [4.78, 5) is 16.1. The van der Waals surface area contributed by atoms with E-state index in [1.54, 1.807) is 6.20 Å². The number of hydrogen-bond donors (Lipinski definition) is 0. The van der Waals surface area contributed by atoms with Crippen molar-refractivity contribution in [3.63, 3.8) is 0 Å². The van der Waals surface area contributed by atoms with Crippen LogP contribution in [0.2, 0.25) is 5.02 Å². The minimum atomic E-state index is 0.176. The number of carbonyl (C=O) groups is 1. The van der Waals surface area contributed by atoms with Crippen molar-refractivity contribution in [3.8, 4) is 0 Å². The van der Waals surface area contributed by atoms with Crippen LogP contribution in [0.25, 0.3) is 0 Å². The summed E-state index contributed by atoms with van der Waals surface area (Å²) in [5.74, 6) is 0.176. The number of ketones is 1. The van der Waals surface area contributed by atoms with Crippen LogP contribution in [0.15, 0.2) is 47.1 Å². The molecule has 0 bridgehead atoms. The van der Waals surface area contributed by atoms with E-state index in [2.05, 4.69) is 20.9 Å². The summed E-state index contributed by atoms with van der Waals surface area (Å²) in [5.41, 5.74) is 1.81. The zero-order chi connectivity index (χ0) is 13.7. The number of rotatable bonds is 5. The normalized spacial score (nSPS) is 10.4. The summed E-state index contributed by atoms with van der Waals surface area (Å²) in [7, 11) is 0. The van der Waals surface area contributed by atoms with Crippen molar-refractivity contribution in [2.24, 2.45) is 0 Å². The summed E-state index contributed by atoms with van der Waals surface area (Å²) >= 11 is 9.44. The molecule has 0 aliphatic rings. The van der Waals surface area contributed by atoms with Gasteiger partial charge < -0.3 is 0 Å². The van der Waals surface area contributed by atoms with Gasteiger partial charge in [0.2, 0.25) is 0 Å². The van der Waals surface area contributed by atoms with Gasteiger partial charge in [0.15, 0.2) is 0 Å². The Morgan fingerprint density at radius 3 is 2.79 bits per heavy atom. The quantitative estimate of drug-likeness (QED) is 0.816. The Morgan fingerprint density at radius 1 is 1.26 bits per heavy atom. The maximum absolute atomic E-state index is 11.9. The lowest BCUT2D eigenvalue weighted by Crippen LogP contribution is -2.05. The number of pyridine rings is 1. The molecule has 1 heterocycles. The predicted octanol–water partition coefficient (Wildman–Crippen LogP) is 4.24. The van der Waals surface area contributed by atoms with Gasteiger partial charge in [-0.2, -0.15) is 0 Å². The van der Waals surface area contributed by atoms with Gasteiger partial charge in [-0.15, -0.1) is 0 Å². The first-order valence-electron chi connectivity index (χ1n) is 6.00. The van der Waals surface area contributed by atoms with Crippen LogP contribution in [0.4, 0.5) is 0 Å². The van der Waals surface area contributed by atoms with E-state index in [4.69, 9.17) is 11.6 Å². The Bertz CT molecular complexity index is 572. The van der Waals surface area contributed by atoms with Crippen molar-refractivity contribution in [2.45, 2.75) is 19.3 Å². The minimum absolute atomic E-state index is 0.176. The highest BCUT2D eigenvalue weighted by Gasteiger charge is 2.08. The number of nitrogens with zero attached hydrogens (tertiary/aromatic N) is 1. The molecular formula is C15H13BrClNO. The molecule has 2 aromatic rings. The van der Waals surface area contributed by atoms with Gasteiger partial charge in [-0.05, 0) is 36.2 Å². The molecule has 0 saturated heterocycles. The Hall–Kier alpha value is -1.19. The number of carbonyl (C=O) groups excluding carboxylic acids is 1. The van der Waals surface area contributed by atoms with E-state index in [-0.39, 0.29) is 5.78 Å². The Morgan fingerprint density at radius 2 is 2.11 bits per heavy atom. The van der Waals surface area contributed by atoms with E-state index >= 15 is 0 Å².